The summed E-state index contributed by atoms with van der Waals surface area (Å²) in [5.74, 6) is 0. The predicted octanol–water partition coefficient (Wildman–Crippen LogP) is 4.13. The topological polar surface area (TPSA) is 15.3 Å². The molecular weight excluding hydrogens is 264 g/mol. The van der Waals surface area contributed by atoms with Crippen molar-refractivity contribution in [2.75, 3.05) is 26.7 Å². The molecule has 0 aliphatic heterocycles. The van der Waals surface area contributed by atoms with Crippen LogP contribution >= 0.6 is 11.3 Å². The summed E-state index contributed by atoms with van der Waals surface area (Å²) in [7, 11) is 2.29. The molecule has 0 unspecified atom stereocenters. The van der Waals surface area contributed by atoms with Crippen LogP contribution in [0.4, 0.5) is 0 Å². The van der Waals surface area contributed by atoms with E-state index < -0.39 is 0 Å². The summed E-state index contributed by atoms with van der Waals surface area (Å²) in [6, 6.07) is 4.41. The van der Waals surface area contributed by atoms with Crippen LogP contribution in [-0.4, -0.2) is 31.6 Å². The van der Waals surface area contributed by atoms with Gasteiger partial charge in [0.1, 0.15) is 0 Å². The Labute approximate surface area is 128 Å². The Morgan fingerprint density at radius 1 is 1.30 bits per heavy atom. The van der Waals surface area contributed by atoms with Crippen LogP contribution in [0.3, 0.4) is 0 Å². The number of hydrogen-bond acceptors (Lipinski definition) is 3. The molecule has 0 aromatic carbocycles. The van der Waals surface area contributed by atoms with E-state index in [1.165, 1.54) is 56.5 Å². The molecule has 1 aromatic rings. The first kappa shape index (κ1) is 16.0. The highest BCUT2D eigenvalue weighted by Gasteiger charge is 2.32. The lowest BCUT2D eigenvalue weighted by Crippen LogP contribution is -2.44. The molecule has 1 fully saturated rings. The summed E-state index contributed by atoms with van der Waals surface area (Å²) >= 11 is 1.88. The number of hydrogen-bond donors (Lipinski definition) is 1. The van der Waals surface area contributed by atoms with Crippen LogP contribution in [0.5, 0.6) is 0 Å². The molecule has 3 heteroatoms. The Balaban J connectivity index is 1.88. The zero-order valence-corrected chi connectivity index (χ0v) is 14.0. The van der Waals surface area contributed by atoms with Crippen molar-refractivity contribution >= 4 is 11.3 Å². The van der Waals surface area contributed by atoms with Gasteiger partial charge in [-0.2, -0.15) is 0 Å². The van der Waals surface area contributed by atoms with Crippen LogP contribution in [0.15, 0.2) is 17.5 Å². The van der Waals surface area contributed by atoms with Crippen LogP contribution in [0.1, 0.15) is 50.3 Å². The first-order valence-corrected chi connectivity index (χ1v) is 9.04. The third-order valence-electron chi connectivity index (χ3n) is 4.45. The monoisotopic (exact) mass is 294 g/mol. The highest BCUT2D eigenvalue weighted by atomic mass is 32.1. The van der Waals surface area contributed by atoms with Crippen molar-refractivity contribution in [1.82, 2.24) is 10.2 Å². The minimum atomic E-state index is 0.513. The van der Waals surface area contributed by atoms with Crippen molar-refractivity contribution < 1.29 is 0 Å². The molecule has 1 N–H and O–H groups in total. The van der Waals surface area contributed by atoms with E-state index in [2.05, 4.69) is 41.7 Å². The number of nitrogens with zero attached hydrogens (tertiary/aromatic N) is 1. The van der Waals surface area contributed by atoms with E-state index in [0.717, 1.165) is 13.1 Å². The Bertz CT molecular complexity index is 355. The highest BCUT2D eigenvalue weighted by Crippen LogP contribution is 2.36. The lowest BCUT2D eigenvalue weighted by atomic mass is 9.73. The van der Waals surface area contributed by atoms with Crippen LogP contribution < -0.4 is 5.32 Å². The molecule has 2 nitrogen and oxygen atoms in total. The standard InChI is InChI=1S/C17H30N2S/c1-3-11-18-14-17(9-5-4-6-10-17)15-19(2)13-16-8-7-12-20-16/h7-8,12,18H,3-6,9-11,13-15H2,1-2H3. The van der Waals surface area contributed by atoms with Crippen molar-refractivity contribution in [3.63, 3.8) is 0 Å². The van der Waals surface area contributed by atoms with Gasteiger partial charge in [-0.3, -0.25) is 0 Å². The summed E-state index contributed by atoms with van der Waals surface area (Å²) in [5, 5.41) is 5.87. The summed E-state index contributed by atoms with van der Waals surface area (Å²) < 4.78 is 0. The quantitative estimate of drug-likeness (QED) is 0.725. The largest absolute Gasteiger partial charge is 0.316 e. The molecule has 20 heavy (non-hydrogen) atoms. The number of rotatable bonds is 8. The van der Waals surface area contributed by atoms with E-state index >= 15 is 0 Å². The van der Waals surface area contributed by atoms with E-state index in [1.807, 2.05) is 11.3 Å². The summed E-state index contributed by atoms with van der Waals surface area (Å²) in [5.41, 5.74) is 0.513. The first-order chi connectivity index (χ1) is 9.74. The maximum absolute atomic E-state index is 3.69. The molecule has 2 rings (SSSR count). The van der Waals surface area contributed by atoms with Crippen molar-refractivity contribution in [2.24, 2.45) is 5.41 Å². The molecule has 1 heterocycles. The van der Waals surface area contributed by atoms with Crippen LogP contribution in [0, 0.1) is 5.41 Å². The lowest BCUT2D eigenvalue weighted by molar-refractivity contribution is 0.114. The van der Waals surface area contributed by atoms with E-state index in [1.54, 1.807) is 0 Å². The van der Waals surface area contributed by atoms with E-state index in [4.69, 9.17) is 0 Å². The van der Waals surface area contributed by atoms with Crippen molar-refractivity contribution in [3.05, 3.63) is 22.4 Å². The normalized spacial score (nSPS) is 18.6. The third kappa shape index (κ3) is 4.87. The van der Waals surface area contributed by atoms with E-state index in [9.17, 15) is 0 Å². The second-order valence-corrected chi connectivity index (χ2v) is 7.52. The molecule has 0 amide bonds. The first-order valence-electron chi connectivity index (χ1n) is 8.16. The fourth-order valence-electron chi connectivity index (χ4n) is 3.52. The molecule has 0 spiro atoms. The maximum atomic E-state index is 3.69. The average Bonchev–Trinajstić information content (AvgIpc) is 2.92. The van der Waals surface area contributed by atoms with Gasteiger partial charge >= 0.3 is 0 Å². The molecule has 1 aliphatic carbocycles. The average molecular weight is 295 g/mol. The van der Waals surface area contributed by atoms with Gasteiger partial charge < -0.3 is 10.2 Å². The van der Waals surface area contributed by atoms with Crippen molar-refractivity contribution in [2.45, 2.75) is 52.0 Å². The van der Waals surface area contributed by atoms with Gasteiger partial charge in [-0.25, -0.2) is 0 Å². The molecule has 0 radical (unpaired) electrons. The fourth-order valence-corrected chi connectivity index (χ4v) is 4.30. The minimum absolute atomic E-state index is 0.513. The fraction of sp³-hybridized carbons (Fsp3) is 0.765. The lowest BCUT2D eigenvalue weighted by Gasteiger charge is -2.40. The second-order valence-electron chi connectivity index (χ2n) is 6.49. The molecule has 0 bridgehead atoms. The second kappa shape index (κ2) is 8.16. The van der Waals surface area contributed by atoms with Gasteiger partial charge in [-0.1, -0.05) is 32.3 Å². The molecule has 0 atom stereocenters. The van der Waals surface area contributed by atoms with Crippen LogP contribution in [0.2, 0.25) is 0 Å². The van der Waals surface area contributed by atoms with Gasteiger partial charge in [0.15, 0.2) is 0 Å². The van der Waals surface area contributed by atoms with Gasteiger partial charge in [0.25, 0.3) is 0 Å². The molecular formula is C17H30N2S. The Morgan fingerprint density at radius 3 is 2.75 bits per heavy atom. The molecule has 114 valence electrons. The Kier molecular flexibility index (Phi) is 6.53. The molecule has 1 aromatic heterocycles. The van der Waals surface area contributed by atoms with Crippen molar-refractivity contribution in [3.8, 4) is 0 Å². The molecule has 0 saturated heterocycles. The van der Waals surface area contributed by atoms with Crippen molar-refractivity contribution in [1.29, 1.82) is 0 Å². The zero-order chi connectivity index (χ0) is 14.3. The SMILES string of the molecule is CCCNCC1(CN(C)Cc2cccs2)CCCCC1. The summed E-state index contributed by atoms with van der Waals surface area (Å²) in [4.78, 5) is 4.02. The third-order valence-corrected chi connectivity index (χ3v) is 5.31. The van der Waals surface area contributed by atoms with E-state index in [0.29, 0.717) is 5.41 Å². The van der Waals surface area contributed by atoms with Gasteiger partial charge in [0, 0.05) is 24.5 Å². The Morgan fingerprint density at radius 2 is 2.10 bits per heavy atom. The molecule has 1 saturated carbocycles. The van der Waals surface area contributed by atoms with Crippen LogP contribution in [-0.2, 0) is 6.54 Å². The van der Waals surface area contributed by atoms with Gasteiger partial charge in [0.2, 0.25) is 0 Å². The molecule has 1 aliphatic rings. The Hall–Kier alpha value is -0.380. The van der Waals surface area contributed by atoms with Gasteiger partial charge in [-0.05, 0) is 49.7 Å². The number of thiophene rings is 1. The number of nitrogens with one attached hydrogen (secondary N) is 1. The smallest absolute Gasteiger partial charge is 0.0325 e. The highest BCUT2D eigenvalue weighted by molar-refractivity contribution is 7.09. The van der Waals surface area contributed by atoms with E-state index in [-0.39, 0.29) is 0 Å². The van der Waals surface area contributed by atoms with Gasteiger partial charge in [-0.15, -0.1) is 11.3 Å². The summed E-state index contributed by atoms with van der Waals surface area (Å²) in [6.45, 7) is 6.96. The summed E-state index contributed by atoms with van der Waals surface area (Å²) in [6.07, 6.45) is 8.31. The zero-order valence-electron chi connectivity index (χ0n) is 13.2. The van der Waals surface area contributed by atoms with Crippen LogP contribution in [0.25, 0.3) is 0 Å². The van der Waals surface area contributed by atoms with Gasteiger partial charge in [0.05, 0.1) is 0 Å². The maximum Gasteiger partial charge on any atom is 0.0325 e. The minimum Gasteiger partial charge on any atom is -0.316 e. The predicted molar refractivity (Wildman–Crippen MR) is 89.3 cm³/mol.